The molecule has 2 bridgehead atoms. The molecule has 3 nitrogen and oxygen atoms in total. The number of hydrogen-bond donors (Lipinski definition) is 1. The van der Waals surface area contributed by atoms with E-state index in [1.165, 1.54) is 19.3 Å². The summed E-state index contributed by atoms with van der Waals surface area (Å²) in [5, 5.41) is 0.828. The Kier molecular flexibility index (Phi) is 3.66. The van der Waals surface area contributed by atoms with Gasteiger partial charge in [0.05, 0.1) is 5.52 Å². The van der Waals surface area contributed by atoms with Crippen LogP contribution in [-0.2, 0) is 6.54 Å². The van der Waals surface area contributed by atoms with Gasteiger partial charge in [-0.15, -0.1) is 0 Å². The van der Waals surface area contributed by atoms with Crippen molar-refractivity contribution in [1.82, 2.24) is 9.88 Å². The molecule has 3 heteroatoms. The number of hydrogen-bond acceptors (Lipinski definition) is 2. The van der Waals surface area contributed by atoms with Gasteiger partial charge >= 0.3 is 0 Å². The van der Waals surface area contributed by atoms with E-state index in [0.717, 1.165) is 40.8 Å². The van der Waals surface area contributed by atoms with Crippen LogP contribution >= 0.6 is 0 Å². The van der Waals surface area contributed by atoms with E-state index in [-0.39, 0.29) is 5.43 Å². The number of benzene rings is 1. The van der Waals surface area contributed by atoms with Crippen LogP contribution in [0.25, 0.3) is 10.9 Å². The van der Waals surface area contributed by atoms with E-state index in [1.54, 1.807) is 0 Å². The normalized spacial score (nSPS) is 28.6. The molecule has 2 heterocycles. The van der Waals surface area contributed by atoms with Gasteiger partial charge < -0.3 is 4.98 Å². The molecule has 2 aromatic rings. The third kappa shape index (κ3) is 2.83. The molecule has 0 amide bonds. The van der Waals surface area contributed by atoms with E-state index >= 15 is 0 Å². The first-order chi connectivity index (χ1) is 11.7. The Morgan fingerprint density at radius 3 is 2.72 bits per heavy atom. The summed E-state index contributed by atoms with van der Waals surface area (Å²) in [6.07, 6.45) is 3.81. The fourth-order valence-corrected chi connectivity index (χ4v) is 5.77. The number of nitrogens with one attached hydrogen (secondary N) is 1. The number of pyridine rings is 1. The Bertz CT molecular complexity index is 895. The average Bonchev–Trinajstić information content (AvgIpc) is 2.73. The van der Waals surface area contributed by atoms with Gasteiger partial charge in [0.2, 0.25) is 0 Å². The Morgan fingerprint density at radius 2 is 1.96 bits per heavy atom. The molecule has 1 aromatic heterocycles. The molecular weight excluding hydrogens is 308 g/mol. The van der Waals surface area contributed by atoms with Crippen molar-refractivity contribution in [3.8, 4) is 0 Å². The van der Waals surface area contributed by atoms with Crippen LogP contribution in [0.3, 0.4) is 0 Å². The van der Waals surface area contributed by atoms with Gasteiger partial charge in [-0.25, -0.2) is 0 Å². The first-order valence-corrected chi connectivity index (χ1v) is 9.53. The minimum atomic E-state index is 0.209. The fraction of sp³-hybridized carbons (Fsp3) is 0.591. The number of fused-ring (bicyclic) bond motifs is 3. The van der Waals surface area contributed by atoms with Gasteiger partial charge in [0, 0.05) is 35.8 Å². The minimum absolute atomic E-state index is 0.209. The molecule has 2 fully saturated rings. The van der Waals surface area contributed by atoms with Crippen molar-refractivity contribution in [3.05, 3.63) is 45.2 Å². The van der Waals surface area contributed by atoms with Crippen LogP contribution in [0.5, 0.6) is 0 Å². The van der Waals surface area contributed by atoms with Crippen molar-refractivity contribution in [2.45, 2.75) is 66.5 Å². The van der Waals surface area contributed by atoms with E-state index < -0.39 is 0 Å². The Hall–Kier alpha value is -1.61. The van der Waals surface area contributed by atoms with Gasteiger partial charge in [-0.1, -0.05) is 32.9 Å². The van der Waals surface area contributed by atoms with Gasteiger partial charge in [0.15, 0.2) is 5.43 Å². The van der Waals surface area contributed by atoms with Crippen molar-refractivity contribution >= 4 is 10.9 Å². The molecule has 0 radical (unpaired) electrons. The highest BCUT2D eigenvalue weighted by Gasteiger charge is 2.49. The second kappa shape index (κ2) is 5.44. The number of para-hydroxylation sites is 1. The van der Waals surface area contributed by atoms with Crippen LogP contribution in [0.2, 0.25) is 0 Å². The minimum Gasteiger partial charge on any atom is -0.358 e. The lowest BCUT2D eigenvalue weighted by atomic mass is 9.65. The van der Waals surface area contributed by atoms with E-state index in [0.29, 0.717) is 16.9 Å². The lowest BCUT2D eigenvalue weighted by molar-refractivity contribution is 0.126. The highest BCUT2D eigenvalue weighted by Crippen LogP contribution is 2.52. The van der Waals surface area contributed by atoms with E-state index in [9.17, 15) is 4.79 Å². The molecule has 1 aliphatic heterocycles. The number of aromatic amines is 1. The molecule has 1 aromatic carbocycles. The lowest BCUT2D eigenvalue weighted by Crippen LogP contribution is -2.35. The number of rotatable bonds is 2. The molecule has 2 unspecified atom stereocenters. The molecule has 1 saturated heterocycles. The number of aromatic nitrogens is 1. The van der Waals surface area contributed by atoms with Gasteiger partial charge in [0.25, 0.3) is 0 Å². The Morgan fingerprint density at radius 1 is 1.20 bits per heavy atom. The van der Waals surface area contributed by atoms with E-state index in [4.69, 9.17) is 0 Å². The molecule has 134 valence electrons. The van der Waals surface area contributed by atoms with Crippen molar-refractivity contribution in [3.63, 3.8) is 0 Å². The maximum atomic E-state index is 13.1. The average molecular weight is 338 g/mol. The molecule has 0 spiro atoms. The third-order valence-electron chi connectivity index (χ3n) is 6.44. The lowest BCUT2D eigenvalue weighted by Gasteiger charge is -2.40. The fourth-order valence-electron chi connectivity index (χ4n) is 5.77. The molecule has 4 rings (SSSR count). The van der Waals surface area contributed by atoms with E-state index in [2.05, 4.69) is 50.6 Å². The first-order valence-electron chi connectivity index (χ1n) is 9.53. The topological polar surface area (TPSA) is 36.1 Å². The van der Waals surface area contributed by atoms with Crippen LogP contribution in [-0.4, -0.2) is 22.5 Å². The van der Waals surface area contributed by atoms with Crippen LogP contribution in [0.4, 0.5) is 0 Å². The molecule has 1 saturated carbocycles. The van der Waals surface area contributed by atoms with Crippen LogP contribution in [0.15, 0.2) is 23.0 Å². The Balaban J connectivity index is 1.72. The molecule has 1 aliphatic carbocycles. The maximum Gasteiger partial charge on any atom is 0.194 e. The monoisotopic (exact) mass is 338 g/mol. The summed E-state index contributed by atoms with van der Waals surface area (Å²) in [5.41, 5.74) is 5.12. The highest BCUT2D eigenvalue weighted by atomic mass is 16.1. The van der Waals surface area contributed by atoms with Crippen molar-refractivity contribution < 1.29 is 0 Å². The van der Waals surface area contributed by atoms with Crippen LogP contribution < -0.4 is 5.43 Å². The van der Waals surface area contributed by atoms with Gasteiger partial charge in [-0.05, 0) is 55.6 Å². The van der Waals surface area contributed by atoms with Gasteiger partial charge in [-0.2, -0.15) is 0 Å². The van der Waals surface area contributed by atoms with E-state index in [1.807, 2.05) is 12.1 Å². The molecule has 25 heavy (non-hydrogen) atoms. The highest BCUT2D eigenvalue weighted by molar-refractivity contribution is 5.82. The summed E-state index contributed by atoms with van der Waals surface area (Å²) in [5.74, 6) is 0. The molecule has 2 atom stereocenters. The SMILES string of the molecule is Cc1[nH]c2c(C)cccc2c(=O)c1CN1CC2(C)CC1CC(C)(C)C2. The summed E-state index contributed by atoms with van der Waals surface area (Å²) in [4.78, 5) is 19.2. The summed E-state index contributed by atoms with van der Waals surface area (Å²) >= 11 is 0. The predicted molar refractivity (Wildman–Crippen MR) is 104 cm³/mol. The molecule has 1 N–H and O–H groups in total. The summed E-state index contributed by atoms with van der Waals surface area (Å²) in [6.45, 7) is 13.2. The summed E-state index contributed by atoms with van der Waals surface area (Å²) in [7, 11) is 0. The quantitative estimate of drug-likeness (QED) is 0.872. The number of nitrogens with zero attached hydrogens (tertiary/aromatic N) is 1. The smallest absolute Gasteiger partial charge is 0.194 e. The second-order valence-corrected chi connectivity index (χ2v) is 9.67. The van der Waals surface area contributed by atoms with Crippen molar-refractivity contribution in [1.29, 1.82) is 0 Å². The third-order valence-corrected chi connectivity index (χ3v) is 6.44. The second-order valence-electron chi connectivity index (χ2n) is 9.67. The van der Waals surface area contributed by atoms with Crippen LogP contribution in [0.1, 0.15) is 56.9 Å². The first kappa shape index (κ1) is 16.8. The van der Waals surface area contributed by atoms with Crippen LogP contribution in [0, 0.1) is 24.7 Å². The zero-order chi connectivity index (χ0) is 18.0. The van der Waals surface area contributed by atoms with Gasteiger partial charge in [-0.3, -0.25) is 9.69 Å². The summed E-state index contributed by atoms with van der Waals surface area (Å²) in [6, 6.07) is 6.61. The Labute approximate surface area is 150 Å². The van der Waals surface area contributed by atoms with Crippen molar-refractivity contribution in [2.75, 3.05) is 6.54 Å². The zero-order valence-corrected chi connectivity index (χ0v) is 16.2. The number of H-pyrrole nitrogens is 1. The maximum absolute atomic E-state index is 13.1. The predicted octanol–water partition coefficient (Wildman–Crippen LogP) is 4.55. The zero-order valence-electron chi connectivity index (χ0n) is 16.2. The largest absolute Gasteiger partial charge is 0.358 e. The number of likely N-dealkylation sites (tertiary alicyclic amines) is 1. The van der Waals surface area contributed by atoms with Gasteiger partial charge in [0.1, 0.15) is 0 Å². The standard InChI is InChI=1S/C22H30N2O/c1-14-7-6-8-17-19(14)23-15(2)18(20(17)25)11-24-13-22(5)10-16(24)9-21(3,4)12-22/h6-8,16H,9-13H2,1-5H3,(H,23,25). The number of aryl methyl sites for hydroxylation is 2. The molecule has 2 aliphatic rings. The molecular formula is C22H30N2O. The summed E-state index contributed by atoms with van der Waals surface area (Å²) < 4.78 is 0. The van der Waals surface area contributed by atoms with Crippen molar-refractivity contribution in [2.24, 2.45) is 10.8 Å².